The average molecular weight is 573 g/mol. The molecule has 3 aliphatic rings. The van der Waals surface area contributed by atoms with Crippen molar-refractivity contribution in [2.75, 3.05) is 44.4 Å². The standard InChI is InChI=1S/C22H23ClN4O5.C3H5F3O/c23-14-9-15-21(26-22(24-15)32-17-11-31-19-16(28)10-30-20(17)19)25-18(14)12-1-3-13(4-2-12)27-5-7-29-8-6-27;1-2(7)3(4,5)6/h1-4,9,16-17,19-20,28H,5-8,10-11H2,(H,24,25,26);2,7H,1H3/t16-,17-,19-,20-;/m1./s1. The lowest BCUT2D eigenvalue weighted by Gasteiger charge is -2.28. The second-order valence-electron chi connectivity index (χ2n) is 9.42. The maximum atomic E-state index is 10.9. The Morgan fingerprint density at radius 2 is 1.77 bits per heavy atom. The summed E-state index contributed by atoms with van der Waals surface area (Å²) in [4.78, 5) is 14.6. The Labute approximate surface area is 226 Å². The summed E-state index contributed by atoms with van der Waals surface area (Å²) in [5.74, 6) is 0. The quantitative estimate of drug-likeness (QED) is 0.433. The smallest absolute Gasteiger partial charge is 0.414 e. The number of hydrogen-bond acceptors (Lipinski definition) is 9. The predicted octanol–water partition coefficient (Wildman–Crippen LogP) is 2.95. The third-order valence-electron chi connectivity index (χ3n) is 6.64. The molecule has 39 heavy (non-hydrogen) atoms. The number of nitrogens with one attached hydrogen (secondary N) is 1. The number of aliphatic hydroxyl groups is 2. The van der Waals surface area contributed by atoms with E-state index >= 15 is 0 Å². The van der Waals surface area contributed by atoms with E-state index in [0.29, 0.717) is 41.4 Å². The number of fused-ring (bicyclic) bond motifs is 2. The van der Waals surface area contributed by atoms with Crippen molar-refractivity contribution in [3.63, 3.8) is 0 Å². The van der Waals surface area contributed by atoms with Crippen LogP contribution in [0.4, 0.5) is 18.9 Å². The maximum absolute atomic E-state index is 10.9. The third-order valence-corrected chi connectivity index (χ3v) is 6.93. The van der Waals surface area contributed by atoms with E-state index in [2.05, 4.69) is 32.0 Å². The minimum atomic E-state index is -4.44. The number of pyridine rings is 1. The number of anilines is 1. The van der Waals surface area contributed by atoms with Gasteiger partial charge in [-0.05, 0) is 25.1 Å². The Bertz CT molecular complexity index is 1270. The Kier molecular flexibility index (Phi) is 8.17. The number of alkyl halides is 3. The fraction of sp³-hybridized carbons (Fsp3) is 0.520. The number of nitrogens with zero attached hydrogens (tertiary/aromatic N) is 3. The summed E-state index contributed by atoms with van der Waals surface area (Å²) in [5, 5.41) is 18.2. The maximum Gasteiger partial charge on any atom is 0.414 e. The second-order valence-corrected chi connectivity index (χ2v) is 9.82. The van der Waals surface area contributed by atoms with Crippen molar-refractivity contribution >= 4 is 28.5 Å². The highest BCUT2D eigenvalue weighted by atomic mass is 35.5. The van der Waals surface area contributed by atoms with Crippen molar-refractivity contribution < 1.29 is 42.3 Å². The highest BCUT2D eigenvalue weighted by molar-refractivity contribution is 6.33. The predicted molar refractivity (Wildman–Crippen MR) is 135 cm³/mol. The summed E-state index contributed by atoms with van der Waals surface area (Å²) >= 11 is 6.55. The van der Waals surface area contributed by atoms with Crippen LogP contribution in [-0.2, 0) is 14.2 Å². The number of morpholine rings is 1. The monoisotopic (exact) mass is 572 g/mol. The largest absolute Gasteiger partial charge is 0.456 e. The molecule has 1 unspecified atom stereocenters. The molecule has 0 saturated carbocycles. The van der Waals surface area contributed by atoms with Crippen molar-refractivity contribution in [3.05, 3.63) is 35.4 Å². The molecule has 3 aliphatic heterocycles. The van der Waals surface area contributed by atoms with Crippen LogP contribution in [0.25, 0.3) is 22.4 Å². The van der Waals surface area contributed by atoms with E-state index in [1.165, 1.54) is 0 Å². The zero-order valence-electron chi connectivity index (χ0n) is 20.9. The van der Waals surface area contributed by atoms with Crippen LogP contribution in [0, 0.1) is 0 Å². The van der Waals surface area contributed by atoms with E-state index in [1.807, 2.05) is 12.1 Å². The van der Waals surface area contributed by atoms with Gasteiger partial charge in [0.15, 0.2) is 11.8 Å². The van der Waals surface area contributed by atoms with Gasteiger partial charge in [0.1, 0.15) is 24.4 Å². The van der Waals surface area contributed by atoms with E-state index < -0.39 is 18.4 Å². The van der Waals surface area contributed by atoms with Crippen LogP contribution >= 0.6 is 11.6 Å². The molecule has 0 aliphatic carbocycles. The molecule has 5 heterocycles. The number of hydrogen-bond donors (Lipinski definition) is 3. The van der Waals surface area contributed by atoms with Crippen LogP contribution in [0.5, 0.6) is 6.01 Å². The van der Waals surface area contributed by atoms with Gasteiger partial charge < -0.3 is 39.0 Å². The van der Waals surface area contributed by atoms with Crippen LogP contribution in [-0.4, -0.2) is 101 Å². The molecule has 3 N–H and O–H groups in total. The van der Waals surface area contributed by atoms with E-state index in [9.17, 15) is 18.3 Å². The molecule has 1 aromatic carbocycles. The zero-order chi connectivity index (χ0) is 27.7. The molecule has 0 radical (unpaired) electrons. The fourth-order valence-corrected chi connectivity index (χ4v) is 4.75. The zero-order valence-corrected chi connectivity index (χ0v) is 21.7. The number of aromatic nitrogens is 3. The van der Waals surface area contributed by atoms with Gasteiger partial charge in [-0.15, -0.1) is 0 Å². The van der Waals surface area contributed by atoms with E-state index in [4.69, 9.17) is 35.7 Å². The Morgan fingerprint density at radius 3 is 2.44 bits per heavy atom. The average Bonchev–Trinajstić information content (AvgIpc) is 3.60. The normalized spacial score (nSPS) is 25.8. The lowest BCUT2D eigenvalue weighted by atomic mass is 10.1. The van der Waals surface area contributed by atoms with Crippen molar-refractivity contribution in [2.24, 2.45) is 0 Å². The van der Waals surface area contributed by atoms with Gasteiger partial charge in [-0.2, -0.15) is 18.2 Å². The number of rotatable bonds is 4. The highest BCUT2D eigenvalue weighted by Gasteiger charge is 2.48. The minimum absolute atomic E-state index is 0.250. The molecule has 3 aromatic rings. The summed E-state index contributed by atoms with van der Waals surface area (Å²) in [6, 6.07) is 10.3. The highest BCUT2D eigenvalue weighted by Crippen LogP contribution is 2.33. The van der Waals surface area contributed by atoms with Gasteiger partial charge in [0.05, 0.1) is 42.7 Å². The van der Waals surface area contributed by atoms with Gasteiger partial charge in [0.2, 0.25) is 0 Å². The summed E-state index contributed by atoms with van der Waals surface area (Å²) < 4.78 is 55.4. The molecule has 0 bridgehead atoms. The molecular weight excluding hydrogens is 545 g/mol. The van der Waals surface area contributed by atoms with Crippen LogP contribution in [0.15, 0.2) is 30.3 Å². The molecule has 14 heteroatoms. The van der Waals surface area contributed by atoms with E-state index in [-0.39, 0.29) is 24.9 Å². The summed E-state index contributed by atoms with van der Waals surface area (Å²) in [5.41, 5.74) is 3.93. The molecule has 212 valence electrons. The first-order valence-electron chi connectivity index (χ1n) is 12.4. The molecule has 3 fully saturated rings. The molecule has 5 atom stereocenters. The number of aliphatic hydroxyl groups excluding tert-OH is 2. The number of imidazole rings is 1. The molecule has 10 nitrogen and oxygen atoms in total. The number of benzene rings is 1. The Hall–Kier alpha value is -2.68. The number of halogens is 4. The number of aromatic amines is 1. The van der Waals surface area contributed by atoms with Crippen molar-refractivity contribution in [3.8, 4) is 17.3 Å². The summed E-state index contributed by atoms with van der Waals surface area (Å²) in [7, 11) is 0. The summed E-state index contributed by atoms with van der Waals surface area (Å²) in [6.07, 6.45) is -8.28. The molecule has 0 spiro atoms. The van der Waals surface area contributed by atoms with Crippen molar-refractivity contribution in [1.82, 2.24) is 15.0 Å². The first-order chi connectivity index (χ1) is 18.6. The minimum Gasteiger partial charge on any atom is -0.456 e. The molecule has 6 rings (SSSR count). The molecule has 2 aromatic heterocycles. The fourth-order valence-electron chi connectivity index (χ4n) is 4.49. The van der Waals surface area contributed by atoms with E-state index in [0.717, 1.165) is 37.6 Å². The van der Waals surface area contributed by atoms with Gasteiger partial charge in [-0.3, -0.25) is 0 Å². The number of H-pyrrole nitrogens is 1. The van der Waals surface area contributed by atoms with Gasteiger partial charge in [-0.25, -0.2) is 4.98 Å². The Morgan fingerprint density at radius 1 is 1.10 bits per heavy atom. The van der Waals surface area contributed by atoms with Gasteiger partial charge >= 0.3 is 6.18 Å². The summed E-state index contributed by atoms with van der Waals surface area (Å²) in [6.45, 7) is 4.53. The molecule has 0 amide bonds. The van der Waals surface area contributed by atoms with Crippen LogP contribution < -0.4 is 9.64 Å². The number of ether oxygens (including phenoxy) is 4. The van der Waals surface area contributed by atoms with Gasteiger partial charge in [0.25, 0.3) is 6.01 Å². The lowest BCUT2D eigenvalue weighted by molar-refractivity contribution is -0.197. The Balaban J connectivity index is 0.000000392. The van der Waals surface area contributed by atoms with Crippen molar-refractivity contribution in [1.29, 1.82) is 0 Å². The first-order valence-corrected chi connectivity index (χ1v) is 12.8. The molecular formula is C25H28ClF3N4O6. The first kappa shape index (κ1) is 27.9. The van der Waals surface area contributed by atoms with E-state index in [1.54, 1.807) is 6.07 Å². The van der Waals surface area contributed by atoms with Crippen molar-refractivity contribution in [2.45, 2.75) is 43.6 Å². The topological polar surface area (TPSA) is 122 Å². The van der Waals surface area contributed by atoms with Crippen LogP contribution in [0.2, 0.25) is 5.02 Å². The SMILES string of the molecule is CC(O)C(F)(F)F.O[C@@H]1CO[C@H]2[C@@H]1OC[C@H]2Oc1nc2nc(-c3ccc(N4CCOCC4)cc3)c(Cl)cc2[nH]1. The molecule has 3 saturated heterocycles. The third kappa shape index (κ3) is 6.23. The van der Waals surface area contributed by atoms with Gasteiger partial charge in [-0.1, -0.05) is 23.7 Å². The lowest BCUT2D eigenvalue weighted by Crippen LogP contribution is -2.36. The van der Waals surface area contributed by atoms with Crippen LogP contribution in [0.1, 0.15) is 6.92 Å². The van der Waals surface area contributed by atoms with Gasteiger partial charge in [0, 0.05) is 24.3 Å². The van der Waals surface area contributed by atoms with Crippen LogP contribution in [0.3, 0.4) is 0 Å². The second kappa shape index (κ2) is 11.4.